The van der Waals surface area contributed by atoms with Gasteiger partial charge in [0.25, 0.3) is 0 Å². The maximum atomic E-state index is 13.5. The minimum atomic E-state index is -1.16. The highest BCUT2D eigenvalue weighted by atomic mass is 17.0. The third-order valence-electron chi connectivity index (χ3n) is 13.2. The van der Waals surface area contributed by atoms with E-state index in [1.807, 2.05) is 173 Å². The third kappa shape index (κ3) is 6.35. The molecule has 0 aliphatic heterocycles. The second kappa shape index (κ2) is 16.9. The summed E-state index contributed by atoms with van der Waals surface area (Å²) in [5.74, 6) is -2.46. The van der Waals surface area contributed by atoms with E-state index in [1.165, 1.54) is 4.57 Å². The second-order valence-corrected chi connectivity index (χ2v) is 16.6. The quantitative estimate of drug-likeness (QED) is 0.0486. The summed E-state index contributed by atoms with van der Waals surface area (Å²) in [4.78, 5) is 0. The lowest BCUT2D eigenvalue weighted by Crippen LogP contribution is -2.29. The number of rotatable bonds is 6. The number of hydrogen-bond acceptors (Lipinski definition) is 7. The van der Waals surface area contributed by atoms with Crippen LogP contribution in [0.25, 0.3) is 76.9 Å². The molecule has 1 aromatic heterocycles. The number of phenols is 5. The van der Waals surface area contributed by atoms with Crippen LogP contribution >= 0.6 is 0 Å². The maximum absolute atomic E-state index is 13.5. The summed E-state index contributed by atoms with van der Waals surface area (Å²) in [6.07, 6.45) is 15.6. The topological polar surface area (TPSA) is 132 Å². The molecule has 332 valence electrons. The molecule has 9 aromatic rings. The molecular formula is C59H49NO7. The first-order chi connectivity index (χ1) is 32.7. The minimum absolute atomic E-state index is 0.0872. The number of hydrogen-bond donors (Lipinski definition) is 5. The standard InChI is InChI=1S/C57H43NO7.C2H6/c1-3-4-25-40-33(2)57(38-23-10-7-11-24-38,37-21-8-5-6-9-22-37)47-45(40)51(60)55-48(53(47)62)58(39-30-29-34-18-12-13-19-35(34)31-39)49-54(63)50(59)46(52(61)56(49)65-64-55)44-32-36-20-14-15-26-41(36)42-27-16-17-28-43(42)44;1-2/h4-5,7-32,59-63H,3,6H2,1-2H3;1-2H3/b25-4-;. The van der Waals surface area contributed by atoms with Crippen molar-refractivity contribution in [2.24, 2.45) is 0 Å². The molecule has 0 saturated heterocycles. The highest BCUT2D eigenvalue weighted by molar-refractivity contribution is 6.16. The molecule has 1 unspecified atom stereocenters. The van der Waals surface area contributed by atoms with Gasteiger partial charge in [-0.2, -0.15) is 0 Å². The van der Waals surface area contributed by atoms with Crippen LogP contribution < -0.4 is 0 Å². The first kappa shape index (κ1) is 42.6. The Kier molecular flexibility index (Phi) is 10.7. The fourth-order valence-electron chi connectivity index (χ4n) is 10.3. The van der Waals surface area contributed by atoms with E-state index in [4.69, 9.17) is 9.15 Å². The Balaban J connectivity index is 0.00000259. The fraction of sp³-hybridized carbons (Fsp3) is 0.119. The summed E-state index contributed by atoms with van der Waals surface area (Å²) in [5, 5.41) is 69.2. The SMILES string of the molecule is CC.CC/C=C\C1=C(C)C(C2=CC=CCC=C2)(c2ccccc2)c2c1c(O)c1ooc3c(O)c(-c4cc5ccccc5c5ccccc45)c(O)c(O)c3n(-c3ccc4ccccc4c3)c1c2O. The third-order valence-corrected chi connectivity index (χ3v) is 13.2. The van der Waals surface area contributed by atoms with E-state index in [0.29, 0.717) is 46.2 Å². The molecule has 0 amide bonds. The monoisotopic (exact) mass is 883 g/mol. The Labute approximate surface area is 387 Å². The predicted octanol–water partition coefficient (Wildman–Crippen LogP) is 15.3. The van der Waals surface area contributed by atoms with Crippen LogP contribution in [0.15, 0.2) is 190 Å². The number of phenolic OH excluding ortho intramolecular Hbond substituents is 5. The van der Waals surface area contributed by atoms with Gasteiger partial charge in [-0.3, -0.25) is 13.7 Å². The van der Waals surface area contributed by atoms with E-state index in [9.17, 15) is 25.5 Å². The molecule has 8 aromatic carbocycles. The van der Waals surface area contributed by atoms with E-state index < -0.39 is 22.7 Å². The largest absolute Gasteiger partial charge is 0.505 e. The van der Waals surface area contributed by atoms with Gasteiger partial charge in [-0.1, -0.05) is 172 Å². The lowest BCUT2D eigenvalue weighted by atomic mass is 9.66. The van der Waals surface area contributed by atoms with Gasteiger partial charge in [0.2, 0.25) is 11.2 Å². The first-order valence-electron chi connectivity index (χ1n) is 22.7. The maximum Gasteiger partial charge on any atom is 0.248 e. The number of fused-ring (bicyclic) bond motifs is 7. The molecule has 67 heavy (non-hydrogen) atoms. The Morgan fingerprint density at radius 2 is 1.24 bits per heavy atom. The van der Waals surface area contributed by atoms with Crippen LogP contribution in [-0.2, 0) is 5.41 Å². The first-order valence-corrected chi connectivity index (χ1v) is 22.7. The summed E-state index contributed by atoms with van der Waals surface area (Å²) in [5.41, 5.74) is 2.55. The lowest BCUT2D eigenvalue weighted by molar-refractivity contribution is 0.0876. The number of allylic oxidation sites excluding steroid dienone is 10. The van der Waals surface area contributed by atoms with E-state index in [2.05, 4.69) is 18.2 Å². The van der Waals surface area contributed by atoms with Gasteiger partial charge in [-0.05, 0) is 98.1 Å². The fourth-order valence-corrected chi connectivity index (χ4v) is 10.3. The van der Waals surface area contributed by atoms with Crippen molar-refractivity contribution in [1.82, 2.24) is 4.57 Å². The van der Waals surface area contributed by atoms with Crippen LogP contribution in [0.3, 0.4) is 0 Å². The van der Waals surface area contributed by atoms with Gasteiger partial charge in [-0.15, -0.1) is 0 Å². The summed E-state index contributed by atoms with van der Waals surface area (Å²) >= 11 is 0. The molecular weight excluding hydrogens is 835 g/mol. The summed E-state index contributed by atoms with van der Waals surface area (Å²) in [6, 6.07) is 40.5. The summed E-state index contributed by atoms with van der Waals surface area (Å²) in [7, 11) is 0. The van der Waals surface area contributed by atoms with Crippen molar-refractivity contribution >= 4 is 60.1 Å². The van der Waals surface area contributed by atoms with Crippen LogP contribution in [0, 0.1) is 0 Å². The van der Waals surface area contributed by atoms with Crippen molar-refractivity contribution in [2.45, 2.75) is 46.0 Å². The van der Waals surface area contributed by atoms with Crippen LogP contribution in [0.4, 0.5) is 0 Å². The Morgan fingerprint density at radius 1 is 0.612 bits per heavy atom. The van der Waals surface area contributed by atoms with Crippen molar-refractivity contribution in [3.63, 3.8) is 0 Å². The smallest absolute Gasteiger partial charge is 0.248 e. The van der Waals surface area contributed by atoms with Gasteiger partial charge in [0, 0.05) is 16.8 Å². The molecule has 8 nitrogen and oxygen atoms in total. The van der Waals surface area contributed by atoms with Crippen molar-refractivity contribution < 1.29 is 34.7 Å². The number of aromatic hydroxyl groups is 5. The molecule has 8 heteroatoms. The molecule has 1 atom stereocenters. The Hall–Kier alpha value is -8.36. The number of nitrogens with zero attached hydrogens (tertiary/aromatic N) is 1. The van der Waals surface area contributed by atoms with E-state index >= 15 is 0 Å². The molecule has 0 fully saturated rings. The van der Waals surface area contributed by atoms with Crippen LogP contribution in [-0.4, -0.2) is 30.1 Å². The molecule has 0 bridgehead atoms. The lowest BCUT2D eigenvalue weighted by Gasteiger charge is -2.36. The van der Waals surface area contributed by atoms with Crippen molar-refractivity contribution in [3.05, 3.63) is 198 Å². The van der Waals surface area contributed by atoms with Crippen LogP contribution in [0.2, 0.25) is 0 Å². The normalized spacial score (nSPS) is 15.7. The number of aromatic nitrogens is 1. The zero-order valence-electron chi connectivity index (χ0n) is 37.6. The highest BCUT2D eigenvalue weighted by Crippen LogP contribution is 2.63. The molecule has 1 heterocycles. The molecule has 0 radical (unpaired) electrons. The number of benzene rings is 8. The molecule has 2 aliphatic rings. The molecule has 5 N–H and O–H groups in total. The van der Waals surface area contributed by atoms with Crippen molar-refractivity contribution in [2.75, 3.05) is 0 Å². The summed E-state index contributed by atoms with van der Waals surface area (Å²) < 4.78 is 13.8. The summed E-state index contributed by atoms with van der Waals surface area (Å²) in [6.45, 7) is 8.05. The van der Waals surface area contributed by atoms with Crippen LogP contribution in [0.1, 0.15) is 57.2 Å². The van der Waals surface area contributed by atoms with Gasteiger partial charge < -0.3 is 25.5 Å². The zero-order chi connectivity index (χ0) is 46.6. The van der Waals surface area contributed by atoms with E-state index in [1.54, 1.807) is 6.07 Å². The average Bonchev–Trinajstić information content (AvgIpc) is 3.59. The average molecular weight is 884 g/mol. The van der Waals surface area contributed by atoms with Gasteiger partial charge in [-0.25, -0.2) is 0 Å². The molecule has 0 spiro atoms. The van der Waals surface area contributed by atoms with Gasteiger partial charge in [0.15, 0.2) is 23.0 Å². The highest BCUT2D eigenvalue weighted by Gasteiger charge is 2.50. The van der Waals surface area contributed by atoms with E-state index in [0.717, 1.165) is 43.6 Å². The Morgan fingerprint density at radius 3 is 1.97 bits per heavy atom. The van der Waals surface area contributed by atoms with Crippen molar-refractivity contribution in [1.29, 1.82) is 0 Å². The van der Waals surface area contributed by atoms with Gasteiger partial charge >= 0.3 is 0 Å². The van der Waals surface area contributed by atoms with Gasteiger partial charge in [0.05, 0.1) is 11.0 Å². The van der Waals surface area contributed by atoms with Crippen molar-refractivity contribution in [3.8, 4) is 45.6 Å². The predicted molar refractivity (Wildman–Crippen MR) is 271 cm³/mol. The Bertz CT molecular complexity index is 3690. The molecule has 0 saturated carbocycles. The van der Waals surface area contributed by atoms with Gasteiger partial charge in [0.1, 0.15) is 16.8 Å². The van der Waals surface area contributed by atoms with Crippen LogP contribution in [0.5, 0.6) is 28.7 Å². The minimum Gasteiger partial charge on any atom is -0.505 e. The molecule has 11 rings (SSSR count). The molecule has 2 aliphatic carbocycles. The second-order valence-electron chi connectivity index (χ2n) is 16.6. The van der Waals surface area contributed by atoms with E-state index in [-0.39, 0.29) is 39.3 Å². The zero-order valence-corrected chi connectivity index (χ0v) is 37.6.